The van der Waals surface area contributed by atoms with Crippen molar-refractivity contribution in [3.63, 3.8) is 0 Å². The molecular formula is C10H15ClN2OS. The van der Waals surface area contributed by atoms with Gasteiger partial charge in [-0.05, 0) is 32.0 Å². The average molecular weight is 247 g/mol. The molecule has 84 valence electrons. The Labute approximate surface area is 99.7 Å². The Morgan fingerprint density at radius 1 is 1.67 bits per heavy atom. The van der Waals surface area contributed by atoms with E-state index in [1.165, 1.54) is 9.75 Å². The lowest BCUT2D eigenvalue weighted by Gasteiger charge is -2.26. The van der Waals surface area contributed by atoms with Crippen LogP contribution in [-0.2, 0) is 11.3 Å². The molecule has 1 amide bonds. The first kappa shape index (κ1) is 12.5. The molecule has 0 unspecified atom stereocenters. The molecule has 0 saturated carbocycles. The first-order valence-corrected chi connectivity index (χ1v) is 5.64. The minimum atomic E-state index is 0. The Bertz CT molecular complexity index is 336. The molecule has 1 fully saturated rings. The van der Waals surface area contributed by atoms with Crippen molar-refractivity contribution in [2.24, 2.45) is 0 Å². The van der Waals surface area contributed by atoms with E-state index in [4.69, 9.17) is 0 Å². The van der Waals surface area contributed by atoms with Crippen LogP contribution in [0.2, 0.25) is 0 Å². The van der Waals surface area contributed by atoms with Crippen LogP contribution in [0.5, 0.6) is 0 Å². The predicted octanol–water partition coefficient (Wildman–Crippen LogP) is 1.46. The van der Waals surface area contributed by atoms with Crippen LogP contribution in [0, 0.1) is 6.92 Å². The van der Waals surface area contributed by atoms with E-state index in [0.29, 0.717) is 6.54 Å². The number of halogens is 1. The number of aryl methyl sites for hydroxylation is 1. The maximum absolute atomic E-state index is 11.4. The Hall–Kier alpha value is -0.580. The molecular weight excluding hydrogens is 232 g/mol. The van der Waals surface area contributed by atoms with E-state index in [2.05, 4.69) is 29.7 Å². The van der Waals surface area contributed by atoms with Crippen LogP contribution in [0.25, 0.3) is 0 Å². The van der Waals surface area contributed by atoms with Gasteiger partial charge >= 0.3 is 0 Å². The van der Waals surface area contributed by atoms with E-state index in [0.717, 1.165) is 13.0 Å². The number of nitrogens with one attached hydrogen (secondary N) is 2. The molecule has 2 rings (SSSR count). The van der Waals surface area contributed by atoms with E-state index in [1.807, 2.05) is 0 Å². The largest absolute Gasteiger partial charge is 0.350 e. The maximum atomic E-state index is 11.4. The summed E-state index contributed by atoms with van der Waals surface area (Å²) in [6.45, 7) is 3.70. The third kappa shape index (κ3) is 3.19. The minimum absolute atomic E-state index is 0. The maximum Gasteiger partial charge on any atom is 0.237 e. The van der Waals surface area contributed by atoms with Crippen LogP contribution in [0.1, 0.15) is 16.2 Å². The number of hydrogen-bond donors (Lipinski definition) is 2. The molecule has 5 heteroatoms. The molecule has 0 aromatic carbocycles. The summed E-state index contributed by atoms with van der Waals surface area (Å²) in [6, 6.07) is 4.19. The van der Waals surface area contributed by atoms with Crippen molar-refractivity contribution in [1.82, 2.24) is 10.6 Å². The molecule has 1 aliphatic heterocycles. The molecule has 1 atom stereocenters. The Morgan fingerprint density at radius 2 is 2.40 bits per heavy atom. The van der Waals surface area contributed by atoms with Crippen LogP contribution in [0.3, 0.4) is 0 Å². The van der Waals surface area contributed by atoms with Crippen LogP contribution in [-0.4, -0.2) is 18.5 Å². The van der Waals surface area contributed by atoms with Crippen molar-refractivity contribution >= 4 is 29.7 Å². The summed E-state index contributed by atoms with van der Waals surface area (Å²) in [5.41, 5.74) is 0. The van der Waals surface area contributed by atoms with Gasteiger partial charge in [0, 0.05) is 9.75 Å². The van der Waals surface area contributed by atoms with Gasteiger partial charge in [0.15, 0.2) is 0 Å². The van der Waals surface area contributed by atoms with E-state index in [9.17, 15) is 4.79 Å². The highest BCUT2D eigenvalue weighted by Crippen LogP contribution is 2.14. The van der Waals surface area contributed by atoms with Crippen molar-refractivity contribution in [1.29, 1.82) is 0 Å². The molecule has 0 aliphatic carbocycles. The number of carbonyl (C=O) groups excluding carboxylic acids is 1. The molecule has 3 nitrogen and oxygen atoms in total. The van der Waals surface area contributed by atoms with Crippen LogP contribution < -0.4 is 10.6 Å². The van der Waals surface area contributed by atoms with Crippen LogP contribution >= 0.6 is 23.7 Å². The summed E-state index contributed by atoms with van der Waals surface area (Å²) in [5.74, 6) is 0.127. The molecule has 2 N–H and O–H groups in total. The Kier molecular flexibility index (Phi) is 4.57. The Morgan fingerprint density at radius 3 is 2.87 bits per heavy atom. The van der Waals surface area contributed by atoms with Gasteiger partial charge in [-0.1, -0.05) is 0 Å². The van der Waals surface area contributed by atoms with E-state index < -0.39 is 0 Å². The number of hydrogen-bond acceptors (Lipinski definition) is 3. The number of rotatable bonds is 3. The first-order valence-electron chi connectivity index (χ1n) is 4.82. The van der Waals surface area contributed by atoms with Crippen molar-refractivity contribution in [2.75, 3.05) is 6.54 Å². The summed E-state index contributed by atoms with van der Waals surface area (Å²) >= 11 is 1.73. The summed E-state index contributed by atoms with van der Waals surface area (Å²) in [5, 5.41) is 6.00. The standard InChI is InChI=1S/C10H14N2OS.ClH/c1-7-2-3-8(14-7)6-12-10(13)9-4-5-11-9;/h2-3,9,11H,4-6H2,1H3,(H,12,13);1H/t9-;/m1./s1. The van der Waals surface area contributed by atoms with Gasteiger partial charge in [0.25, 0.3) is 0 Å². The fourth-order valence-corrected chi connectivity index (χ4v) is 2.22. The molecule has 1 aliphatic rings. The molecule has 0 bridgehead atoms. The molecule has 1 aromatic rings. The van der Waals surface area contributed by atoms with Gasteiger partial charge in [0.1, 0.15) is 0 Å². The highest BCUT2D eigenvalue weighted by Gasteiger charge is 2.23. The lowest BCUT2D eigenvalue weighted by molar-refractivity contribution is -0.124. The van der Waals surface area contributed by atoms with Crippen molar-refractivity contribution in [3.05, 3.63) is 21.9 Å². The predicted molar refractivity (Wildman–Crippen MR) is 64.6 cm³/mol. The molecule has 0 radical (unpaired) electrons. The van der Waals surface area contributed by atoms with Crippen molar-refractivity contribution < 1.29 is 4.79 Å². The average Bonchev–Trinajstić information content (AvgIpc) is 2.45. The van der Waals surface area contributed by atoms with Gasteiger partial charge in [-0.2, -0.15) is 0 Å². The second-order valence-corrected chi connectivity index (χ2v) is 4.90. The second-order valence-electron chi connectivity index (χ2n) is 3.53. The summed E-state index contributed by atoms with van der Waals surface area (Å²) in [7, 11) is 0. The molecule has 2 heterocycles. The highest BCUT2D eigenvalue weighted by atomic mass is 35.5. The zero-order chi connectivity index (χ0) is 9.97. The van der Waals surface area contributed by atoms with Gasteiger partial charge in [0.05, 0.1) is 12.6 Å². The zero-order valence-corrected chi connectivity index (χ0v) is 10.2. The summed E-state index contributed by atoms with van der Waals surface area (Å²) in [6.07, 6.45) is 0.968. The molecule has 1 saturated heterocycles. The van der Waals surface area contributed by atoms with Crippen LogP contribution in [0.4, 0.5) is 0 Å². The summed E-state index contributed by atoms with van der Waals surface area (Å²) < 4.78 is 0. The van der Waals surface area contributed by atoms with E-state index in [-0.39, 0.29) is 24.4 Å². The van der Waals surface area contributed by atoms with Gasteiger partial charge in [0.2, 0.25) is 5.91 Å². The summed E-state index contributed by atoms with van der Waals surface area (Å²) in [4.78, 5) is 13.9. The van der Waals surface area contributed by atoms with Gasteiger partial charge in [-0.3, -0.25) is 4.79 Å². The van der Waals surface area contributed by atoms with Gasteiger partial charge < -0.3 is 10.6 Å². The van der Waals surface area contributed by atoms with Crippen molar-refractivity contribution in [2.45, 2.75) is 25.9 Å². The third-order valence-corrected chi connectivity index (χ3v) is 3.37. The molecule has 15 heavy (non-hydrogen) atoms. The van der Waals surface area contributed by atoms with Crippen molar-refractivity contribution in [3.8, 4) is 0 Å². The topological polar surface area (TPSA) is 41.1 Å². The second kappa shape index (κ2) is 5.49. The number of amides is 1. The fraction of sp³-hybridized carbons (Fsp3) is 0.500. The smallest absolute Gasteiger partial charge is 0.237 e. The normalized spacial score (nSPS) is 18.9. The molecule has 1 aromatic heterocycles. The Balaban J connectivity index is 0.00000112. The fourth-order valence-electron chi connectivity index (χ4n) is 1.39. The van der Waals surface area contributed by atoms with Gasteiger partial charge in [-0.15, -0.1) is 23.7 Å². The van der Waals surface area contributed by atoms with Gasteiger partial charge in [-0.25, -0.2) is 0 Å². The molecule has 0 spiro atoms. The minimum Gasteiger partial charge on any atom is -0.350 e. The lowest BCUT2D eigenvalue weighted by Crippen LogP contribution is -2.52. The monoisotopic (exact) mass is 246 g/mol. The zero-order valence-electron chi connectivity index (χ0n) is 8.58. The van der Waals surface area contributed by atoms with E-state index >= 15 is 0 Å². The van der Waals surface area contributed by atoms with Crippen LogP contribution in [0.15, 0.2) is 12.1 Å². The van der Waals surface area contributed by atoms with E-state index in [1.54, 1.807) is 11.3 Å². The lowest BCUT2D eigenvalue weighted by atomic mass is 10.1. The third-order valence-electron chi connectivity index (χ3n) is 2.37. The quantitative estimate of drug-likeness (QED) is 0.848. The number of carbonyl (C=O) groups is 1. The first-order chi connectivity index (χ1) is 6.75. The highest BCUT2D eigenvalue weighted by molar-refractivity contribution is 7.11. The number of thiophene rings is 1. The SMILES string of the molecule is Cc1ccc(CNC(=O)[C@H]2CCN2)s1.Cl.